The molecule has 0 unspecified atom stereocenters. The van der Waals surface area contributed by atoms with Crippen LogP contribution in [0.15, 0.2) is 24.3 Å². The van der Waals surface area contributed by atoms with E-state index in [4.69, 9.17) is 0 Å². The molecule has 1 aromatic carbocycles. The second kappa shape index (κ2) is 7.65. The summed E-state index contributed by atoms with van der Waals surface area (Å²) in [7, 11) is 0. The normalized spacial score (nSPS) is 22.5. The van der Waals surface area contributed by atoms with Crippen molar-refractivity contribution in [3.05, 3.63) is 41.5 Å². The summed E-state index contributed by atoms with van der Waals surface area (Å²) in [5.41, 5.74) is 0.523. The Hall–Kier alpha value is -1.52. The summed E-state index contributed by atoms with van der Waals surface area (Å²) < 4.78 is 55.6. The lowest BCUT2D eigenvalue weighted by molar-refractivity contribution is -0.0546. The zero-order chi connectivity index (χ0) is 16.1. The van der Waals surface area contributed by atoms with E-state index in [0.717, 1.165) is 44.2 Å². The average molecular weight is 316 g/mol. The van der Waals surface area contributed by atoms with Crippen molar-refractivity contribution in [3.63, 3.8) is 0 Å². The molecule has 22 heavy (non-hydrogen) atoms. The fourth-order valence-corrected chi connectivity index (χ4v) is 2.99. The van der Waals surface area contributed by atoms with E-state index in [9.17, 15) is 17.6 Å². The first-order chi connectivity index (χ1) is 10.5. The van der Waals surface area contributed by atoms with E-state index in [1.54, 1.807) is 0 Å². The van der Waals surface area contributed by atoms with Crippen molar-refractivity contribution in [2.45, 2.75) is 51.6 Å². The van der Waals surface area contributed by atoms with E-state index >= 15 is 0 Å². The minimum Gasteiger partial charge on any atom is -0.429 e. The molecule has 0 heterocycles. The smallest absolute Gasteiger partial charge is 0.387 e. The van der Waals surface area contributed by atoms with E-state index in [1.807, 2.05) is 0 Å². The highest BCUT2D eigenvalue weighted by atomic mass is 19.3. The molecule has 2 rings (SSSR count). The molecule has 1 saturated carbocycles. The lowest BCUT2D eigenvalue weighted by Crippen LogP contribution is -2.13. The van der Waals surface area contributed by atoms with E-state index in [2.05, 4.69) is 23.8 Å². The summed E-state index contributed by atoms with van der Waals surface area (Å²) in [6, 6.07) is 2.24. The predicted octanol–water partition coefficient (Wildman–Crippen LogP) is 5.81. The summed E-state index contributed by atoms with van der Waals surface area (Å²) in [5.74, 6) is -2.55. The largest absolute Gasteiger partial charge is 0.429 e. The second-order valence-corrected chi connectivity index (χ2v) is 5.64. The Morgan fingerprint density at radius 3 is 2.23 bits per heavy atom. The molecule has 0 saturated heterocycles. The highest BCUT2D eigenvalue weighted by Crippen LogP contribution is 2.38. The quantitative estimate of drug-likeness (QED) is 0.492. The SMILES string of the molecule is CCC=CC1CCC(c2cc(F)c(OC(F)F)c(F)c2)CC1. The second-order valence-electron chi connectivity index (χ2n) is 5.64. The van der Waals surface area contributed by atoms with Crippen molar-refractivity contribution in [1.29, 1.82) is 0 Å². The van der Waals surface area contributed by atoms with Gasteiger partial charge in [0.15, 0.2) is 17.4 Å². The van der Waals surface area contributed by atoms with Gasteiger partial charge in [0.1, 0.15) is 0 Å². The Balaban J connectivity index is 2.06. The van der Waals surface area contributed by atoms with Gasteiger partial charge in [0.2, 0.25) is 0 Å². The zero-order valence-electron chi connectivity index (χ0n) is 12.5. The van der Waals surface area contributed by atoms with Crippen LogP contribution in [0.25, 0.3) is 0 Å². The average Bonchev–Trinajstić information content (AvgIpc) is 2.49. The van der Waals surface area contributed by atoms with E-state index in [0.29, 0.717) is 11.5 Å². The van der Waals surface area contributed by atoms with Crippen LogP contribution in [0.1, 0.15) is 50.5 Å². The molecule has 0 amide bonds. The van der Waals surface area contributed by atoms with Crippen LogP contribution < -0.4 is 4.74 Å². The number of alkyl halides is 2. The van der Waals surface area contributed by atoms with Gasteiger partial charge in [-0.05, 0) is 61.6 Å². The van der Waals surface area contributed by atoms with Crippen LogP contribution in [0.3, 0.4) is 0 Å². The van der Waals surface area contributed by atoms with Gasteiger partial charge in [-0.2, -0.15) is 8.78 Å². The summed E-state index contributed by atoms with van der Waals surface area (Å²) in [6.07, 6.45) is 8.97. The lowest BCUT2D eigenvalue weighted by atomic mass is 9.78. The maximum absolute atomic E-state index is 13.8. The Morgan fingerprint density at radius 2 is 1.73 bits per heavy atom. The molecule has 1 aliphatic rings. The van der Waals surface area contributed by atoms with Crippen molar-refractivity contribution in [2.75, 3.05) is 0 Å². The molecule has 0 aromatic heterocycles. The fourth-order valence-electron chi connectivity index (χ4n) is 2.99. The molecule has 5 heteroatoms. The van der Waals surface area contributed by atoms with Crippen LogP contribution in [0.2, 0.25) is 0 Å². The minimum absolute atomic E-state index is 0.0656. The van der Waals surface area contributed by atoms with Crippen LogP contribution >= 0.6 is 0 Å². The number of benzene rings is 1. The summed E-state index contributed by atoms with van der Waals surface area (Å²) >= 11 is 0. The molecule has 0 aliphatic heterocycles. The first kappa shape index (κ1) is 16.8. The van der Waals surface area contributed by atoms with E-state index < -0.39 is 24.0 Å². The van der Waals surface area contributed by atoms with Crippen LogP contribution in [-0.2, 0) is 0 Å². The molecular formula is C17H20F4O. The van der Waals surface area contributed by atoms with Crippen molar-refractivity contribution in [2.24, 2.45) is 5.92 Å². The molecule has 1 nitrogen and oxygen atoms in total. The van der Waals surface area contributed by atoms with Gasteiger partial charge in [-0.3, -0.25) is 0 Å². The van der Waals surface area contributed by atoms with Crippen LogP contribution in [0.5, 0.6) is 5.75 Å². The van der Waals surface area contributed by atoms with Gasteiger partial charge < -0.3 is 4.74 Å². The van der Waals surface area contributed by atoms with Crippen molar-refractivity contribution in [3.8, 4) is 5.75 Å². The van der Waals surface area contributed by atoms with Gasteiger partial charge in [0.05, 0.1) is 0 Å². The number of allylic oxidation sites excluding steroid dienone is 2. The predicted molar refractivity (Wildman–Crippen MR) is 77.1 cm³/mol. The Bertz CT molecular complexity index is 496. The molecule has 0 radical (unpaired) electrons. The highest BCUT2D eigenvalue weighted by Gasteiger charge is 2.24. The maximum Gasteiger partial charge on any atom is 0.387 e. The Kier molecular flexibility index (Phi) is 5.86. The summed E-state index contributed by atoms with van der Waals surface area (Å²) in [6.45, 7) is -1.16. The van der Waals surface area contributed by atoms with Gasteiger partial charge in [0, 0.05) is 0 Å². The third-order valence-corrected chi connectivity index (χ3v) is 4.11. The van der Waals surface area contributed by atoms with Gasteiger partial charge in [-0.1, -0.05) is 19.1 Å². The third kappa shape index (κ3) is 4.24. The van der Waals surface area contributed by atoms with Gasteiger partial charge in [0.25, 0.3) is 0 Å². The van der Waals surface area contributed by atoms with Crippen molar-refractivity contribution in [1.82, 2.24) is 0 Å². The third-order valence-electron chi connectivity index (χ3n) is 4.11. The molecule has 0 spiro atoms. The standard InChI is InChI=1S/C17H20F4O/c1-2-3-4-11-5-7-12(8-6-11)13-9-14(18)16(15(19)10-13)22-17(20)21/h3-4,9-12,17H,2,5-8H2,1H3. The van der Waals surface area contributed by atoms with E-state index in [-0.39, 0.29) is 5.92 Å². The van der Waals surface area contributed by atoms with Gasteiger partial charge in [-0.15, -0.1) is 0 Å². The number of ether oxygens (including phenoxy) is 1. The lowest BCUT2D eigenvalue weighted by Gasteiger charge is -2.27. The Morgan fingerprint density at radius 1 is 1.14 bits per heavy atom. The molecular weight excluding hydrogens is 296 g/mol. The summed E-state index contributed by atoms with van der Waals surface area (Å²) in [5, 5.41) is 0. The van der Waals surface area contributed by atoms with Crippen LogP contribution in [0, 0.1) is 17.6 Å². The first-order valence-corrected chi connectivity index (χ1v) is 7.61. The molecule has 1 aliphatic carbocycles. The van der Waals surface area contributed by atoms with Crippen molar-refractivity contribution < 1.29 is 22.3 Å². The molecule has 0 N–H and O–H groups in total. The minimum atomic E-state index is -3.24. The van der Waals surface area contributed by atoms with Crippen LogP contribution in [-0.4, -0.2) is 6.61 Å². The summed E-state index contributed by atoms with van der Waals surface area (Å²) in [4.78, 5) is 0. The molecule has 122 valence electrons. The first-order valence-electron chi connectivity index (χ1n) is 7.61. The van der Waals surface area contributed by atoms with E-state index in [1.165, 1.54) is 0 Å². The van der Waals surface area contributed by atoms with Gasteiger partial charge in [-0.25, -0.2) is 8.78 Å². The highest BCUT2D eigenvalue weighted by molar-refractivity contribution is 5.33. The van der Waals surface area contributed by atoms with Crippen LogP contribution in [0.4, 0.5) is 17.6 Å². The molecule has 1 fully saturated rings. The number of hydrogen-bond acceptors (Lipinski definition) is 1. The van der Waals surface area contributed by atoms with Crippen molar-refractivity contribution >= 4 is 0 Å². The topological polar surface area (TPSA) is 9.23 Å². The zero-order valence-corrected chi connectivity index (χ0v) is 12.5. The van der Waals surface area contributed by atoms with Gasteiger partial charge >= 0.3 is 6.61 Å². The number of rotatable bonds is 5. The maximum atomic E-state index is 13.8. The number of hydrogen-bond donors (Lipinski definition) is 0. The molecule has 0 bridgehead atoms. The Labute approximate surface area is 128 Å². The molecule has 0 atom stereocenters. The monoisotopic (exact) mass is 316 g/mol. The number of halogens is 4. The fraction of sp³-hybridized carbons (Fsp3) is 0.529. The molecule has 1 aromatic rings.